The van der Waals surface area contributed by atoms with Crippen molar-refractivity contribution in [2.24, 2.45) is 0 Å². The fraction of sp³-hybridized carbons (Fsp3) is 0.457. The molecule has 13 nitrogen and oxygen atoms in total. The first-order valence-corrected chi connectivity index (χ1v) is 17.5. The van der Waals surface area contributed by atoms with Crippen molar-refractivity contribution in [3.63, 3.8) is 0 Å². The number of ether oxygens (including phenoxy) is 1. The number of amides is 2. The Hall–Kier alpha value is -4.83. The van der Waals surface area contributed by atoms with Crippen LogP contribution in [0.15, 0.2) is 35.4 Å². The minimum Gasteiger partial charge on any atom is -0.504 e. The highest BCUT2D eigenvalue weighted by atomic mass is 35.5. The standard InChI is InChI=1S/C35H34ClF3N8O5/c1-18-15-34(8-10-45(11-9-34)32(51)27-29(49)26(19-2-3-19)40-17-41-27)25-28(18)46(16-24(48)42-23-5-4-21(14-22(23)36)35(37,38)39)33-43-30(44-47(33)31(25)50)20-6-12-52-13-7-20/h4-6,14,17-19,49H,2-3,7-13,15-16H2,1H3,(H,42,48). The van der Waals surface area contributed by atoms with E-state index in [1.54, 1.807) is 9.47 Å². The summed E-state index contributed by atoms with van der Waals surface area (Å²) in [6, 6.07) is 2.69. The maximum absolute atomic E-state index is 14.5. The van der Waals surface area contributed by atoms with E-state index in [0.717, 1.165) is 36.6 Å². The van der Waals surface area contributed by atoms with E-state index >= 15 is 0 Å². The number of aromatic hydroxyl groups is 1. The van der Waals surface area contributed by atoms with Crippen molar-refractivity contribution in [3.8, 4) is 5.75 Å². The van der Waals surface area contributed by atoms with Crippen molar-refractivity contribution in [2.75, 3.05) is 31.6 Å². The zero-order chi connectivity index (χ0) is 36.5. The summed E-state index contributed by atoms with van der Waals surface area (Å²) >= 11 is 6.15. The monoisotopic (exact) mass is 738 g/mol. The predicted octanol–water partition coefficient (Wildman–Crippen LogP) is 5.06. The number of aromatic nitrogens is 6. The van der Waals surface area contributed by atoms with E-state index in [0.29, 0.717) is 74.8 Å². The van der Waals surface area contributed by atoms with Crippen molar-refractivity contribution in [1.29, 1.82) is 0 Å². The Labute approximate surface area is 299 Å². The average Bonchev–Trinajstić information content (AvgIpc) is 3.79. The lowest BCUT2D eigenvalue weighted by atomic mass is 9.73. The molecule has 272 valence electrons. The Morgan fingerprint density at radius 2 is 1.94 bits per heavy atom. The minimum absolute atomic E-state index is 0.00317. The van der Waals surface area contributed by atoms with Gasteiger partial charge in [-0.3, -0.25) is 14.4 Å². The van der Waals surface area contributed by atoms with Crippen LogP contribution in [0.2, 0.25) is 5.02 Å². The maximum atomic E-state index is 14.5. The fourth-order valence-corrected chi connectivity index (χ4v) is 8.19. The summed E-state index contributed by atoms with van der Waals surface area (Å²) in [5.74, 6) is -0.759. The van der Waals surface area contributed by atoms with Gasteiger partial charge in [-0.1, -0.05) is 24.6 Å². The van der Waals surface area contributed by atoms with Crippen LogP contribution in [0.4, 0.5) is 18.9 Å². The van der Waals surface area contributed by atoms with Crippen LogP contribution in [0.1, 0.15) is 96.1 Å². The Kier molecular flexibility index (Phi) is 8.36. The molecule has 2 aliphatic carbocycles. The smallest absolute Gasteiger partial charge is 0.416 e. The van der Waals surface area contributed by atoms with Gasteiger partial charge in [0.25, 0.3) is 11.5 Å². The van der Waals surface area contributed by atoms with Gasteiger partial charge in [-0.2, -0.15) is 22.7 Å². The normalized spacial score (nSPS) is 19.9. The molecule has 1 saturated heterocycles. The van der Waals surface area contributed by atoms with Crippen molar-refractivity contribution >= 4 is 40.5 Å². The summed E-state index contributed by atoms with van der Waals surface area (Å²) in [7, 11) is 0. The Morgan fingerprint density at radius 1 is 1.17 bits per heavy atom. The largest absolute Gasteiger partial charge is 0.504 e. The molecule has 1 aromatic carbocycles. The van der Waals surface area contributed by atoms with E-state index in [9.17, 15) is 32.7 Å². The van der Waals surface area contributed by atoms with Crippen LogP contribution in [0.5, 0.6) is 5.75 Å². The predicted molar refractivity (Wildman–Crippen MR) is 181 cm³/mol. The van der Waals surface area contributed by atoms with Gasteiger partial charge in [-0.05, 0) is 68.2 Å². The lowest BCUT2D eigenvalue weighted by molar-refractivity contribution is -0.137. The van der Waals surface area contributed by atoms with Crippen molar-refractivity contribution in [2.45, 2.75) is 75.4 Å². The molecule has 1 spiro atoms. The maximum Gasteiger partial charge on any atom is 0.416 e. The van der Waals surface area contributed by atoms with Gasteiger partial charge in [0.05, 0.1) is 35.2 Å². The molecule has 2 aliphatic heterocycles. The van der Waals surface area contributed by atoms with Gasteiger partial charge in [0.15, 0.2) is 17.3 Å². The lowest BCUT2D eigenvalue weighted by Crippen LogP contribution is -2.46. The molecule has 2 amide bonds. The summed E-state index contributed by atoms with van der Waals surface area (Å²) in [4.78, 5) is 56.4. The highest BCUT2D eigenvalue weighted by Gasteiger charge is 2.49. The van der Waals surface area contributed by atoms with Gasteiger partial charge >= 0.3 is 6.18 Å². The molecule has 5 heterocycles. The minimum atomic E-state index is -4.60. The Bertz CT molecular complexity index is 2220. The number of fused-ring (bicyclic) bond motifs is 3. The highest BCUT2D eigenvalue weighted by Crippen LogP contribution is 2.51. The third kappa shape index (κ3) is 5.90. The summed E-state index contributed by atoms with van der Waals surface area (Å²) in [6.07, 6.45) is 2.33. The number of hydrogen-bond donors (Lipinski definition) is 2. The van der Waals surface area contributed by atoms with Gasteiger partial charge < -0.3 is 24.6 Å². The van der Waals surface area contributed by atoms with Crippen LogP contribution < -0.4 is 10.9 Å². The first-order valence-electron chi connectivity index (χ1n) is 17.2. The van der Waals surface area contributed by atoms with Crippen LogP contribution in [0.3, 0.4) is 0 Å². The molecule has 1 atom stereocenters. The number of anilines is 1. The fourth-order valence-electron chi connectivity index (χ4n) is 7.96. The van der Waals surface area contributed by atoms with E-state index in [2.05, 4.69) is 20.4 Å². The number of nitrogens with one attached hydrogen (secondary N) is 1. The van der Waals surface area contributed by atoms with E-state index in [4.69, 9.17) is 21.3 Å². The van der Waals surface area contributed by atoms with Gasteiger partial charge in [-0.15, -0.1) is 5.10 Å². The van der Waals surface area contributed by atoms with Crippen LogP contribution >= 0.6 is 11.6 Å². The molecule has 2 N–H and O–H groups in total. The second-order valence-electron chi connectivity index (χ2n) is 14.0. The number of nitrogens with zero attached hydrogens (tertiary/aromatic N) is 7. The first-order chi connectivity index (χ1) is 24.8. The van der Waals surface area contributed by atoms with Crippen LogP contribution in [-0.2, 0) is 27.7 Å². The number of carbonyl (C=O) groups excluding carboxylic acids is 2. The topological polar surface area (TPSA) is 157 Å². The quantitative estimate of drug-likeness (QED) is 0.276. The molecule has 1 saturated carbocycles. The number of alkyl halides is 3. The molecule has 4 aliphatic rings. The lowest BCUT2D eigenvalue weighted by Gasteiger charge is -2.39. The molecular formula is C35H34ClF3N8O5. The molecule has 52 heavy (non-hydrogen) atoms. The van der Waals surface area contributed by atoms with Crippen molar-refractivity contribution in [1.82, 2.24) is 34.0 Å². The van der Waals surface area contributed by atoms with Gasteiger partial charge in [-0.25, -0.2) is 9.97 Å². The summed E-state index contributed by atoms with van der Waals surface area (Å²) in [5, 5.41) is 17.8. The molecule has 2 fully saturated rings. The third-order valence-corrected chi connectivity index (χ3v) is 10.9. The van der Waals surface area contributed by atoms with E-state index in [1.165, 1.54) is 10.8 Å². The molecule has 3 aromatic heterocycles. The second kappa shape index (κ2) is 12.7. The first kappa shape index (κ1) is 34.3. The number of benzene rings is 1. The number of piperidine rings is 1. The van der Waals surface area contributed by atoms with Gasteiger partial charge in [0, 0.05) is 35.7 Å². The molecule has 17 heteroatoms. The zero-order valence-electron chi connectivity index (χ0n) is 28.0. The SMILES string of the molecule is CC1CC2(CCN(C(=O)c3ncnc(C4CC4)c3O)CC2)c2c1n(CC(=O)Nc1ccc(C(F)(F)F)cc1Cl)c1nc(C3=CCOCC3)nn1c2=O. The van der Waals surface area contributed by atoms with Crippen molar-refractivity contribution < 1.29 is 32.6 Å². The number of carbonyl (C=O) groups is 2. The number of rotatable bonds is 6. The number of likely N-dealkylation sites (tertiary alicyclic amines) is 1. The average molecular weight is 739 g/mol. The second-order valence-corrected chi connectivity index (χ2v) is 14.4. The Balaban J connectivity index is 1.14. The Morgan fingerprint density at radius 3 is 2.62 bits per heavy atom. The van der Waals surface area contributed by atoms with Crippen LogP contribution in [0, 0.1) is 0 Å². The molecule has 8 rings (SSSR count). The van der Waals surface area contributed by atoms with E-state index in [-0.39, 0.29) is 51.9 Å². The molecular weight excluding hydrogens is 705 g/mol. The van der Waals surface area contributed by atoms with Gasteiger partial charge in [0.1, 0.15) is 12.9 Å². The summed E-state index contributed by atoms with van der Waals surface area (Å²) in [6.45, 7) is 3.07. The van der Waals surface area contributed by atoms with Crippen LogP contribution in [-0.4, -0.2) is 77.3 Å². The van der Waals surface area contributed by atoms with Crippen LogP contribution in [0.25, 0.3) is 11.4 Å². The van der Waals surface area contributed by atoms with Gasteiger partial charge in [0.2, 0.25) is 11.7 Å². The number of halogens is 4. The zero-order valence-corrected chi connectivity index (χ0v) is 28.8. The number of hydrogen-bond acceptors (Lipinski definition) is 9. The molecule has 1 unspecified atom stereocenters. The molecule has 0 radical (unpaired) electrons. The molecule has 0 bridgehead atoms. The summed E-state index contributed by atoms with van der Waals surface area (Å²) < 4.78 is 48.1. The third-order valence-electron chi connectivity index (χ3n) is 10.6. The van der Waals surface area contributed by atoms with E-state index in [1.807, 2.05) is 13.0 Å². The molecule has 4 aromatic rings. The van der Waals surface area contributed by atoms with E-state index < -0.39 is 29.0 Å². The highest BCUT2D eigenvalue weighted by molar-refractivity contribution is 6.33. The van der Waals surface area contributed by atoms with Crippen molar-refractivity contribution in [3.05, 3.63) is 80.0 Å². The summed E-state index contributed by atoms with van der Waals surface area (Å²) in [5.41, 5.74) is 0.424.